The smallest absolute Gasteiger partial charge is 0.306 e. The first-order chi connectivity index (χ1) is 14.4. The lowest BCUT2D eigenvalue weighted by Crippen LogP contribution is -2.35. The first-order valence-electron chi connectivity index (χ1n) is 11.4. The Labute approximate surface area is 178 Å². The van der Waals surface area contributed by atoms with Crippen molar-refractivity contribution in [3.8, 4) is 0 Å². The van der Waals surface area contributed by atoms with Crippen LogP contribution in [0.2, 0.25) is 0 Å². The minimum atomic E-state index is -0.695. The van der Waals surface area contributed by atoms with Gasteiger partial charge in [-0.2, -0.15) is 0 Å². The van der Waals surface area contributed by atoms with Crippen molar-refractivity contribution in [2.75, 3.05) is 33.0 Å². The molecule has 2 saturated heterocycles. The van der Waals surface area contributed by atoms with Gasteiger partial charge >= 0.3 is 11.9 Å². The normalized spacial score (nSPS) is 27.6. The van der Waals surface area contributed by atoms with Crippen LogP contribution >= 0.6 is 0 Å². The number of carbonyl (C=O) groups is 2. The van der Waals surface area contributed by atoms with Gasteiger partial charge in [-0.25, -0.2) is 0 Å². The first-order valence-corrected chi connectivity index (χ1v) is 11.4. The summed E-state index contributed by atoms with van der Waals surface area (Å²) < 4.78 is 27.4. The highest BCUT2D eigenvalue weighted by Crippen LogP contribution is 2.40. The fourth-order valence-corrected chi connectivity index (χ4v) is 4.92. The summed E-state index contributed by atoms with van der Waals surface area (Å²) in [5.74, 6) is -0.681. The fourth-order valence-electron chi connectivity index (χ4n) is 4.92. The van der Waals surface area contributed by atoms with Gasteiger partial charge in [0.1, 0.15) is 0 Å². The van der Waals surface area contributed by atoms with Gasteiger partial charge in [0.2, 0.25) is 0 Å². The maximum absolute atomic E-state index is 11.3. The SMILES string of the molecule is CCOC(=O)CC1CCC2(CC1)OCCO2.O=C(O)CC1CCC2(CC1)OCCO2. The fraction of sp³-hybridized carbons (Fsp3) is 0.909. The Kier molecular flexibility index (Phi) is 8.51. The molecule has 2 spiro atoms. The Balaban J connectivity index is 0.000000172. The molecule has 4 aliphatic rings. The van der Waals surface area contributed by atoms with Crippen molar-refractivity contribution in [2.45, 2.75) is 82.7 Å². The van der Waals surface area contributed by atoms with Crippen LogP contribution in [0.3, 0.4) is 0 Å². The van der Waals surface area contributed by atoms with Crippen molar-refractivity contribution in [1.82, 2.24) is 0 Å². The lowest BCUT2D eigenvalue weighted by Gasteiger charge is -2.34. The van der Waals surface area contributed by atoms with Crippen molar-refractivity contribution >= 4 is 11.9 Å². The third-order valence-corrected chi connectivity index (χ3v) is 6.59. The van der Waals surface area contributed by atoms with Gasteiger partial charge in [0, 0.05) is 38.5 Å². The average Bonchev–Trinajstić information content (AvgIpc) is 3.37. The number of rotatable bonds is 5. The molecule has 0 aromatic rings. The molecule has 0 aromatic carbocycles. The summed E-state index contributed by atoms with van der Waals surface area (Å²) >= 11 is 0. The zero-order chi connectivity index (χ0) is 21.5. The molecule has 2 heterocycles. The maximum Gasteiger partial charge on any atom is 0.306 e. The summed E-state index contributed by atoms with van der Waals surface area (Å²) in [5, 5.41) is 8.66. The number of carboxylic acids is 1. The van der Waals surface area contributed by atoms with Crippen molar-refractivity contribution in [3.05, 3.63) is 0 Å². The summed E-state index contributed by atoms with van der Waals surface area (Å²) in [4.78, 5) is 21.9. The van der Waals surface area contributed by atoms with E-state index in [1.807, 2.05) is 6.92 Å². The van der Waals surface area contributed by atoms with Crippen LogP contribution < -0.4 is 0 Å². The van der Waals surface area contributed by atoms with Crippen LogP contribution in [0.1, 0.15) is 71.1 Å². The van der Waals surface area contributed by atoms with E-state index < -0.39 is 5.97 Å². The lowest BCUT2D eigenvalue weighted by atomic mass is 9.83. The Morgan fingerprint density at radius 1 is 0.800 bits per heavy atom. The van der Waals surface area contributed by atoms with Crippen LogP contribution in [0.5, 0.6) is 0 Å². The number of esters is 1. The molecule has 0 radical (unpaired) electrons. The highest BCUT2D eigenvalue weighted by molar-refractivity contribution is 5.69. The highest BCUT2D eigenvalue weighted by Gasteiger charge is 2.41. The second-order valence-corrected chi connectivity index (χ2v) is 8.71. The van der Waals surface area contributed by atoms with Gasteiger partial charge in [-0.15, -0.1) is 0 Å². The quantitative estimate of drug-likeness (QED) is 0.666. The van der Waals surface area contributed by atoms with E-state index in [2.05, 4.69) is 0 Å². The molecule has 30 heavy (non-hydrogen) atoms. The number of ether oxygens (including phenoxy) is 5. The molecule has 2 aliphatic heterocycles. The molecule has 0 aromatic heterocycles. The Morgan fingerprint density at radius 3 is 1.57 bits per heavy atom. The Hall–Kier alpha value is -1.22. The van der Waals surface area contributed by atoms with Gasteiger partial charge < -0.3 is 28.8 Å². The first kappa shape index (κ1) is 23.4. The molecule has 4 fully saturated rings. The molecular formula is C22H36O8. The van der Waals surface area contributed by atoms with E-state index in [-0.39, 0.29) is 24.0 Å². The molecule has 2 saturated carbocycles. The summed E-state index contributed by atoms with van der Waals surface area (Å²) in [6, 6.07) is 0. The summed E-state index contributed by atoms with van der Waals surface area (Å²) in [6.07, 6.45) is 8.18. The van der Waals surface area contributed by atoms with E-state index in [1.54, 1.807) is 0 Å². The molecule has 0 bridgehead atoms. The van der Waals surface area contributed by atoms with E-state index >= 15 is 0 Å². The van der Waals surface area contributed by atoms with E-state index in [0.29, 0.717) is 51.3 Å². The van der Waals surface area contributed by atoms with Gasteiger partial charge in [0.15, 0.2) is 11.6 Å². The Morgan fingerprint density at radius 2 is 1.20 bits per heavy atom. The van der Waals surface area contributed by atoms with Gasteiger partial charge in [-0.3, -0.25) is 9.59 Å². The molecule has 0 unspecified atom stereocenters. The zero-order valence-corrected chi connectivity index (χ0v) is 18.1. The number of carbonyl (C=O) groups excluding carboxylic acids is 1. The molecule has 2 aliphatic carbocycles. The number of aliphatic carboxylic acids is 1. The largest absolute Gasteiger partial charge is 0.481 e. The molecule has 8 nitrogen and oxygen atoms in total. The minimum Gasteiger partial charge on any atom is -0.481 e. The van der Waals surface area contributed by atoms with Crippen molar-refractivity contribution in [3.63, 3.8) is 0 Å². The van der Waals surface area contributed by atoms with E-state index in [4.69, 9.17) is 28.8 Å². The van der Waals surface area contributed by atoms with Gasteiger partial charge in [0.25, 0.3) is 0 Å². The summed E-state index contributed by atoms with van der Waals surface area (Å²) in [6.45, 7) is 5.11. The molecular weight excluding hydrogens is 392 g/mol. The Bertz CT molecular complexity index is 545. The second kappa shape index (κ2) is 10.9. The van der Waals surface area contributed by atoms with E-state index in [9.17, 15) is 9.59 Å². The molecule has 172 valence electrons. The third-order valence-electron chi connectivity index (χ3n) is 6.59. The van der Waals surface area contributed by atoms with E-state index in [0.717, 1.165) is 51.4 Å². The number of hydrogen-bond donors (Lipinski definition) is 1. The number of carboxylic acid groups (broad SMARTS) is 1. The molecule has 0 atom stereocenters. The van der Waals surface area contributed by atoms with Crippen molar-refractivity contribution in [2.24, 2.45) is 11.8 Å². The van der Waals surface area contributed by atoms with E-state index in [1.165, 1.54) is 0 Å². The van der Waals surface area contributed by atoms with Gasteiger partial charge in [-0.05, 0) is 44.4 Å². The van der Waals surface area contributed by atoms with Crippen molar-refractivity contribution in [1.29, 1.82) is 0 Å². The lowest BCUT2D eigenvalue weighted by molar-refractivity contribution is -0.184. The predicted molar refractivity (Wildman–Crippen MR) is 107 cm³/mol. The monoisotopic (exact) mass is 428 g/mol. The van der Waals surface area contributed by atoms with Crippen LogP contribution in [0.25, 0.3) is 0 Å². The molecule has 0 amide bonds. The van der Waals surface area contributed by atoms with Crippen LogP contribution in [-0.2, 0) is 33.3 Å². The maximum atomic E-state index is 11.3. The summed E-state index contributed by atoms with van der Waals surface area (Å²) in [7, 11) is 0. The topological polar surface area (TPSA) is 101 Å². The van der Waals surface area contributed by atoms with Gasteiger partial charge in [0.05, 0.1) is 33.0 Å². The highest BCUT2D eigenvalue weighted by atomic mass is 16.7. The van der Waals surface area contributed by atoms with Crippen LogP contribution in [0.4, 0.5) is 0 Å². The van der Waals surface area contributed by atoms with Crippen LogP contribution in [-0.4, -0.2) is 61.7 Å². The minimum absolute atomic E-state index is 0.0725. The van der Waals surface area contributed by atoms with Crippen molar-refractivity contribution < 1.29 is 38.4 Å². The predicted octanol–water partition coefficient (Wildman–Crippen LogP) is 3.27. The molecule has 1 N–H and O–H groups in total. The molecule has 4 rings (SSSR count). The zero-order valence-electron chi connectivity index (χ0n) is 18.1. The van der Waals surface area contributed by atoms with Gasteiger partial charge in [-0.1, -0.05) is 0 Å². The second-order valence-electron chi connectivity index (χ2n) is 8.71. The van der Waals surface area contributed by atoms with Crippen LogP contribution in [0, 0.1) is 11.8 Å². The summed E-state index contributed by atoms with van der Waals surface area (Å²) in [5.41, 5.74) is 0. The standard InChI is InChI=1S/C12H20O4.C10H16O4/c1-2-14-11(13)9-10-3-5-12(6-4-10)15-7-8-16-12;11-9(12)7-8-1-3-10(4-2-8)13-5-6-14-10/h10H,2-9H2,1H3;8H,1-7H2,(H,11,12). The average molecular weight is 429 g/mol. The number of hydrogen-bond acceptors (Lipinski definition) is 7. The van der Waals surface area contributed by atoms with Crippen LogP contribution in [0.15, 0.2) is 0 Å². The third kappa shape index (κ3) is 6.64. The molecule has 8 heteroatoms.